The molecular weight excluding hydrogens is 230 g/mol. The minimum Gasteiger partial charge on any atom is -0.481 e. The smallest absolute Gasteiger partial charge is 0.407 e. The van der Waals surface area contributed by atoms with Crippen molar-refractivity contribution in [2.45, 2.75) is 38.6 Å². The van der Waals surface area contributed by atoms with Crippen LogP contribution in [0.1, 0.15) is 32.6 Å². The van der Waals surface area contributed by atoms with Crippen molar-refractivity contribution in [3.8, 4) is 0 Å². The lowest BCUT2D eigenvalue weighted by molar-refractivity contribution is -0.140. The molecule has 0 saturated carbocycles. The molecule has 0 rings (SSSR count). The van der Waals surface area contributed by atoms with Crippen LogP contribution in [-0.4, -0.2) is 40.9 Å². The molecule has 1 amide bonds. The van der Waals surface area contributed by atoms with E-state index < -0.39 is 24.1 Å². The Morgan fingerprint density at radius 2 is 1.94 bits per heavy atom. The summed E-state index contributed by atoms with van der Waals surface area (Å²) in [5.41, 5.74) is 0. The first kappa shape index (κ1) is 15.2. The summed E-state index contributed by atoms with van der Waals surface area (Å²) in [5, 5.41) is 19.3. The lowest BCUT2D eigenvalue weighted by Gasteiger charge is -2.13. The summed E-state index contributed by atoms with van der Waals surface area (Å²) >= 11 is 0. The summed E-state index contributed by atoms with van der Waals surface area (Å²) in [6.45, 7) is 2.14. The van der Waals surface area contributed by atoms with Crippen molar-refractivity contribution in [2.75, 3.05) is 6.61 Å². The number of ether oxygens (including phenoxy) is 1. The topological polar surface area (TPSA) is 113 Å². The molecule has 0 aliphatic heterocycles. The molecule has 98 valence electrons. The van der Waals surface area contributed by atoms with E-state index in [0.29, 0.717) is 6.42 Å². The van der Waals surface area contributed by atoms with Crippen LogP contribution in [-0.2, 0) is 14.3 Å². The van der Waals surface area contributed by atoms with Gasteiger partial charge in [0, 0.05) is 6.42 Å². The largest absolute Gasteiger partial charge is 0.481 e. The number of carboxylic acids is 2. The van der Waals surface area contributed by atoms with Gasteiger partial charge in [0.25, 0.3) is 0 Å². The molecule has 0 aromatic rings. The number of amides is 1. The van der Waals surface area contributed by atoms with Gasteiger partial charge in [-0.3, -0.25) is 4.79 Å². The molecule has 0 aromatic heterocycles. The molecule has 0 aliphatic carbocycles. The Labute approximate surface area is 98.8 Å². The van der Waals surface area contributed by atoms with Crippen molar-refractivity contribution in [2.24, 2.45) is 0 Å². The van der Waals surface area contributed by atoms with E-state index in [1.165, 1.54) is 0 Å². The highest BCUT2D eigenvalue weighted by Crippen LogP contribution is 1.99. The summed E-state index contributed by atoms with van der Waals surface area (Å²) in [4.78, 5) is 32.1. The van der Waals surface area contributed by atoms with Gasteiger partial charge < -0.3 is 20.3 Å². The van der Waals surface area contributed by atoms with Gasteiger partial charge in [-0.1, -0.05) is 13.3 Å². The Bertz CT molecular complexity index is 278. The van der Waals surface area contributed by atoms with Crippen molar-refractivity contribution < 1.29 is 29.3 Å². The molecule has 7 heteroatoms. The zero-order valence-corrected chi connectivity index (χ0v) is 9.64. The van der Waals surface area contributed by atoms with Crippen LogP contribution in [0.4, 0.5) is 4.79 Å². The Morgan fingerprint density at radius 3 is 2.41 bits per heavy atom. The Morgan fingerprint density at radius 1 is 1.29 bits per heavy atom. The van der Waals surface area contributed by atoms with Crippen LogP contribution in [0.2, 0.25) is 0 Å². The Kier molecular flexibility index (Phi) is 7.49. The number of rotatable bonds is 8. The maximum Gasteiger partial charge on any atom is 0.407 e. The standard InChI is InChI=1S/C10H17NO6/c1-2-3-6-17-10(16)11-7(9(14)15)4-5-8(12)13/h7H,2-6H2,1H3,(H,11,16)(H,12,13)(H,14,15). The van der Waals surface area contributed by atoms with Crippen LogP contribution in [0.5, 0.6) is 0 Å². The average molecular weight is 247 g/mol. The maximum absolute atomic E-state index is 11.1. The van der Waals surface area contributed by atoms with E-state index in [1.807, 2.05) is 6.92 Å². The monoisotopic (exact) mass is 247 g/mol. The Hall–Kier alpha value is -1.79. The van der Waals surface area contributed by atoms with Crippen molar-refractivity contribution in [3.05, 3.63) is 0 Å². The predicted molar refractivity (Wildman–Crippen MR) is 57.7 cm³/mol. The average Bonchev–Trinajstić information content (AvgIpc) is 2.23. The first-order chi connectivity index (χ1) is 7.97. The normalized spacial score (nSPS) is 11.6. The fraction of sp³-hybridized carbons (Fsp3) is 0.700. The van der Waals surface area contributed by atoms with Crippen LogP contribution in [0.25, 0.3) is 0 Å². The van der Waals surface area contributed by atoms with Crippen LogP contribution in [0, 0.1) is 0 Å². The lowest BCUT2D eigenvalue weighted by Crippen LogP contribution is -2.41. The molecule has 0 fully saturated rings. The van der Waals surface area contributed by atoms with Gasteiger partial charge in [-0.2, -0.15) is 0 Å². The molecule has 17 heavy (non-hydrogen) atoms. The van der Waals surface area contributed by atoms with Crippen molar-refractivity contribution in [3.63, 3.8) is 0 Å². The van der Waals surface area contributed by atoms with Crippen molar-refractivity contribution in [1.82, 2.24) is 5.32 Å². The van der Waals surface area contributed by atoms with E-state index in [9.17, 15) is 14.4 Å². The van der Waals surface area contributed by atoms with Gasteiger partial charge in [-0.25, -0.2) is 9.59 Å². The number of hydrogen-bond donors (Lipinski definition) is 3. The van der Waals surface area contributed by atoms with E-state index in [-0.39, 0.29) is 19.4 Å². The van der Waals surface area contributed by atoms with Gasteiger partial charge in [-0.05, 0) is 12.8 Å². The highest BCUT2D eigenvalue weighted by atomic mass is 16.5. The third kappa shape index (κ3) is 8.06. The first-order valence-electron chi connectivity index (χ1n) is 5.35. The van der Waals surface area contributed by atoms with E-state index in [4.69, 9.17) is 14.9 Å². The first-order valence-corrected chi connectivity index (χ1v) is 5.35. The predicted octanol–water partition coefficient (Wildman–Crippen LogP) is 0.831. The molecule has 7 nitrogen and oxygen atoms in total. The SMILES string of the molecule is CCCCOC(=O)NC(CCC(=O)O)C(=O)O. The minimum atomic E-state index is -1.28. The summed E-state index contributed by atoms with van der Waals surface area (Å²) < 4.78 is 4.71. The maximum atomic E-state index is 11.1. The van der Waals surface area contributed by atoms with E-state index >= 15 is 0 Å². The van der Waals surface area contributed by atoms with Gasteiger partial charge in [-0.15, -0.1) is 0 Å². The number of carboxylic acid groups (broad SMARTS) is 2. The molecule has 1 atom stereocenters. The number of carbonyl (C=O) groups excluding carboxylic acids is 1. The third-order valence-corrected chi connectivity index (χ3v) is 1.97. The van der Waals surface area contributed by atoms with Crippen LogP contribution in [0.15, 0.2) is 0 Å². The summed E-state index contributed by atoms with van der Waals surface area (Å²) in [6, 6.07) is -1.24. The summed E-state index contributed by atoms with van der Waals surface area (Å²) in [7, 11) is 0. The number of carbonyl (C=O) groups is 3. The molecule has 0 saturated heterocycles. The number of hydrogen-bond acceptors (Lipinski definition) is 4. The molecule has 0 aliphatic rings. The molecule has 0 aromatic carbocycles. The number of alkyl carbamates (subject to hydrolysis) is 1. The van der Waals surface area contributed by atoms with Gasteiger partial charge in [0.2, 0.25) is 0 Å². The van der Waals surface area contributed by atoms with Gasteiger partial charge >= 0.3 is 18.0 Å². The summed E-state index contributed by atoms with van der Waals surface area (Å²) in [6.07, 6.45) is 0.213. The molecule has 0 radical (unpaired) electrons. The van der Waals surface area contributed by atoms with Gasteiger partial charge in [0.1, 0.15) is 6.04 Å². The highest BCUT2D eigenvalue weighted by molar-refractivity contribution is 5.80. The second-order valence-electron chi connectivity index (χ2n) is 3.46. The molecule has 3 N–H and O–H groups in total. The molecule has 0 spiro atoms. The number of nitrogens with one attached hydrogen (secondary N) is 1. The molecular formula is C10H17NO6. The number of unbranched alkanes of at least 4 members (excludes halogenated alkanes) is 1. The van der Waals surface area contributed by atoms with Gasteiger partial charge in [0.05, 0.1) is 6.61 Å². The van der Waals surface area contributed by atoms with Gasteiger partial charge in [0.15, 0.2) is 0 Å². The fourth-order valence-electron chi connectivity index (χ4n) is 1.02. The highest BCUT2D eigenvalue weighted by Gasteiger charge is 2.21. The van der Waals surface area contributed by atoms with Crippen LogP contribution in [0.3, 0.4) is 0 Å². The lowest BCUT2D eigenvalue weighted by atomic mass is 10.1. The van der Waals surface area contributed by atoms with Crippen LogP contribution < -0.4 is 5.32 Å². The van der Waals surface area contributed by atoms with Crippen molar-refractivity contribution >= 4 is 18.0 Å². The zero-order chi connectivity index (χ0) is 13.3. The molecule has 0 heterocycles. The fourth-order valence-corrected chi connectivity index (χ4v) is 1.02. The third-order valence-electron chi connectivity index (χ3n) is 1.97. The second-order valence-corrected chi connectivity index (χ2v) is 3.46. The Balaban J connectivity index is 4.02. The van der Waals surface area contributed by atoms with E-state index in [1.54, 1.807) is 0 Å². The van der Waals surface area contributed by atoms with E-state index in [2.05, 4.69) is 5.32 Å². The molecule has 0 bridgehead atoms. The molecule has 1 unspecified atom stereocenters. The minimum absolute atomic E-state index is 0.173. The zero-order valence-electron chi connectivity index (χ0n) is 9.64. The van der Waals surface area contributed by atoms with Crippen LogP contribution >= 0.6 is 0 Å². The second kappa shape index (κ2) is 8.37. The summed E-state index contributed by atoms with van der Waals surface area (Å²) in [5.74, 6) is -2.39. The van der Waals surface area contributed by atoms with E-state index in [0.717, 1.165) is 6.42 Å². The number of aliphatic carboxylic acids is 2. The quantitative estimate of drug-likeness (QED) is 0.547. The van der Waals surface area contributed by atoms with Crippen molar-refractivity contribution in [1.29, 1.82) is 0 Å².